The van der Waals surface area contributed by atoms with Crippen LogP contribution in [0, 0.1) is 0 Å². The first kappa shape index (κ1) is 13.8. The zero-order valence-corrected chi connectivity index (χ0v) is 10.8. The van der Waals surface area contributed by atoms with Gasteiger partial charge in [0, 0.05) is 30.6 Å². The summed E-state index contributed by atoms with van der Waals surface area (Å²) >= 11 is 0. The monoisotopic (exact) mass is 238 g/mol. The van der Waals surface area contributed by atoms with E-state index >= 15 is 0 Å². The van der Waals surface area contributed by atoms with E-state index in [2.05, 4.69) is 24.5 Å². The Hall–Kier alpha value is -1.29. The molecule has 4 heteroatoms. The van der Waals surface area contributed by atoms with Gasteiger partial charge in [0.05, 0.1) is 12.5 Å². The Balaban J connectivity index is 2.17. The molecule has 96 valence electrons. The highest BCUT2D eigenvalue weighted by Crippen LogP contribution is 2.11. The molecule has 1 rings (SSSR count). The van der Waals surface area contributed by atoms with Crippen molar-refractivity contribution in [1.29, 1.82) is 0 Å². The van der Waals surface area contributed by atoms with Crippen LogP contribution in [0.15, 0.2) is 23.0 Å². The van der Waals surface area contributed by atoms with Crippen LogP contribution in [0.1, 0.15) is 45.2 Å². The van der Waals surface area contributed by atoms with E-state index in [0.29, 0.717) is 13.0 Å². The van der Waals surface area contributed by atoms with Crippen molar-refractivity contribution in [3.8, 4) is 0 Å². The van der Waals surface area contributed by atoms with Gasteiger partial charge >= 0.3 is 0 Å². The Kier molecular flexibility index (Phi) is 5.77. The van der Waals surface area contributed by atoms with Gasteiger partial charge in [0.1, 0.15) is 0 Å². The molecule has 0 bridgehead atoms. The fourth-order valence-electron chi connectivity index (χ4n) is 1.49. The lowest BCUT2D eigenvalue weighted by atomic mass is 10.2. The van der Waals surface area contributed by atoms with Gasteiger partial charge in [-0.15, -0.1) is 0 Å². The summed E-state index contributed by atoms with van der Waals surface area (Å²) < 4.78 is 5.01. The van der Waals surface area contributed by atoms with Gasteiger partial charge in [0.25, 0.3) is 0 Å². The molecule has 0 aliphatic carbocycles. The summed E-state index contributed by atoms with van der Waals surface area (Å²) in [5.74, 6) is 0.103. The average Bonchev–Trinajstić information content (AvgIpc) is 2.82. The fourth-order valence-corrected chi connectivity index (χ4v) is 1.49. The smallest absolute Gasteiger partial charge is 0.221 e. The van der Waals surface area contributed by atoms with Crippen LogP contribution < -0.4 is 10.6 Å². The van der Waals surface area contributed by atoms with Crippen LogP contribution in [0.4, 0.5) is 0 Å². The number of amides is 1. The summed E-state index contributed by atoms with van der Waals surface area (Å²) in [4.78, 5) is 11.5. The van der Waals surface area contributed by atoms with E-state index in [1.54, 1.807) is 12.5 Å². The van der Waals surface area contributed by atoms with E-state index in [4.69, 9.17) is 4.42 Å². The highest BCUT2D eigenvalue weighted by atomic mass is 16.3. The zero-order chi connectivity index (χ0) is 12.7. The second-order valence-electron chi connectivity index (χ2n) is 4.36. The number of rotatable bonds is 7. The lowest BCUT2D eigenvalue weighted by Gasteiger charge is -2.14. The lowest BCUT2D eigenvalue weighted by molar-refractivity contribution is -0.121. The van der Waals surface area contributed by atoms with Crippen LogP contribution >= 0.6 is 0 Å². The quantitative estimate of drug-likeness (QED) is 0.766. The maximum Gasteiger partial charge on any atom is 0.221 e. The van der Waals surface area contributed by atoms with Crippen LogP contribution in [-0.2, 0) is 4.79 Å². The van der Waals surface area contributed by atoms with Crippen LogP contribution in [0.5, 0.6) is 0 Å². The molecule has 1 aromatic heterocycles. The maximum atomic E-state index is 11.5. The molecule has 2 N–H and O–H groups in total. The molecule has 0 saturated heterocycles. The number of carbonyl (C=O) groups excluding carboxylic acids is 1. The molecule has 1 amide bonds. The van der Waals surface area contributed by atoms with Crippen molar-refractivity contribution in [1.82, 2.24) is 10.6 Å². The standard InChI is InChI=1S/C13H22N2O2/c1-4-10(2)15-13(16)5-7-14-11(3)12-6-8-17-9-12/h6,8-11,14H,4-5,7H2,1-3H3,(H,15,16). The fraction of sp³-hybridized carbons (Fsp3) is 0.615. The first-order valence-corrected chi connectivity index (χ1v) is 6.18. The first-order chi connectivity index (χ1) is 8.13. The third-order valence-electron chi connectivity index (χ3n) is 2.87. The Morgan fingerprint density at radius 3 is 2.82 bits per heavy atom. The molecule has 2 unspecified atom stereocenters. The molecule has 0 aromatic carbocycles. The summed E-state index contributed by atoms with van der Waals surface area (Å²) in [6.45, 7) is 6.80. The number of furan rings is 1. The molecular weight excluding hydrogens is 216 g/mol. The second kappa shape index (κ2) is 7.12. The molecule has 0 spiro atoms. The molecule has 0 aliphatic heterocycles. The van der Waals surface area contributed by atoms with E-state index in [-0.39, 0.29) is 18.0 Å². The number of hydrogen-bond acceptors (Lipinski definition) is 3. The topological polar surface area (TPSA) is 54.3 Å². The van der Waals surface area contributed by atoms with E-state index in [9.17, 15) is 4.79 Å². The van der Waals surface area contributed by atoms with Crippen molar-refractivity contribution in [2.45, 2.75) is 45.7 Å². The van der Waals surface area contributed by atoms with Crippen LogP contribution in [-0.4, -0.2) is 18.5 Å². The molecule has 0 aliphatic rings. The summed E-state index contributed by atoms with van der Waals surface area (Å²) in [7, 11) is 0. The van der Waals surface area contributed by atoms with Gasteiger partial charge in [0.2, 0.25) is 5.91 Å². The Morgan fingerprint density at radius 2 is 2.24 bits per heavy atom. The van der Waals surface area contributed by atoms with E-state index in [0.717, 1.165) is 12.0 Å². The molecule has 2 atom stereocenters. The van der Waals surface area contributed by atoms with Crippen molar-refractivity contribution in [2.75, 3.05) is 6.54 Å². The maximum absolute atomic E-state index is 11.5. The Labute approximate surface area is 103 Å². The number of hydrogen-bond donors (Lipinski definition) is 2. The molecule has 0 fully saturated rings. The largest absolute Gasteiger partial charge is 0.472 e. The van der Waals surface area contributed by atoms with Crippen LogP contribution in [0.25, 0.3) is 0 Å². The van der Waals surface area contributed by atoms with E-state index < -0.39 is 0 Å². The number of nitrogens with one attached hydrogen (secondary N) is 2. The van der Waals surface area contributed by atoms with Crippen LogP contribution in [0.2, 0.25) is 0 Å². The Bertz CT molecular complexity index is 322. The van der Waals surface area contributed by atoms with E-state index in [1.807, 2.05) is 13.0 Å². The van der Waals surface area contributed by atoms with Gasteiger partial charge in [-0.25, -0.2) is 0 Å². The normalized spacial score (nSPS) is 14.3. The average molecular weight is 238 g/mol. The lowest BCUT2D eigenvalue weighted by Crippen LogP contribution is -2.34. The van der Waals surface area contributed by atoms with Gasteiger partial charge in [0.15, 0.2) is 0 Å². The molecule has 1 aromatic rings. The van der Waals surface area contributed by atoms with Crippen molar-refractivity contribution in [3.63, 3.8) is 0 Å². The van der Waals surface area contributed by atoms with Gasteiger partial charge in [-0.05, 0) is 26.3 Å². The molecule has 1 heterocycles. The minimum absolute atomic E-state index is 0.103. The third kappa shape index (κ3) is 5.04. The highest BCUT2D eigenvalue weighted by molar-refractivity contribution is 5.76. The van der Waals surface area contributed by atoms with E-state index in [1.165, 1.54) is 0 Å². The second-order valence-corrected chi connectivity index (χ2v) is 4.36. The van der Waals surface area contributed by atoms with Crippen molar-refractivity contribution in [2.24, 2.45) is 0 Å². The summed E-state index contributed by atoms with van der Waals surface area (Å²) in [6, 6.07) is 2.40. The third-order valence-corrected chi connectivity index (χ3v) is 2.87. The van der Waals surface area contributed by atoms with Gasteiger partial charge in [-0.1, -0.05) is 6.92 Å². The number of carbonyl (C=O) groups is 1. The molecule has 0 radical (unpaired) electrons. The molecule has 17 heavy (non-hydrogen) atoms. The predicted octanol–water partition coefficient (Wildman–Crippen LogP) is 2.23. The Morgan fingerprint density at radius 1 is 1.47 bits per heavy atom. The summed E-state index contributed by atoms with van der Waals surface area (Å²) in [6.07, 6.45) is 4.84. The van der Waals surface area contributed by atoms with Crippen molar-refractivity contribution in [3.05, 3.63) is 24.2 Å². The SMILES string of the molecule is CCC(C)NC(=O)CCNC(C)c1ccoc1. The minimum Gasteiger partial charge on any atom is -0.472 e. The predicted molar refractivity (Wildman–Crippen MR) is 67.6 cm³/mol. The zero-order valence-electron chi connectivity index (χ0n) is 10.8. The summed E-state index contributed by atoms with van der Waals surface area (Å²) in [5.41, 5.74) is 1.10. The molecule has 4 nitrogen and oxygen atoms in total. The highest BCUT2D eigenvalue weighted by Gasteiger charge is 2.08. The van der Waals surface area contributed by atoms with Crippen molar-refractivity contribution < 1.29 is 9.21 Å². The van der Waals surface area contributed by atoms with Gasteiger partial charge < -0.3 is 15.1 Å². The van der Waals surface area contributed by atoms with Crippen molar-refractivity contribution >= 4 is 5.91 Å². The van der Waals surface area contributed by atoms with Gasteiger partial charge in [-0.2, -0.15) is 0 Å². The first-order valence-electron chi connectivity index (χ1n) is 6.18. The molecule has 0 saturated carbocycles. The summed E-state index contributed by atoms with van der Waals surface area (Å²) in [5, 5.41) is 6.23. The molecular formula is C13H22N2O2. The van der Waals surface area contributed by atoms with Crippen LogP contribution in [0.3, 0.4) is 0 Å². The minimum atomic E-state index is 0.103. The van der Waals surface area contributed by atoms with Gasteiger partial charge in [-0.3, -0.25) is 4.79 Å².